The maximum atomic E-state index is 4.32. The summed E-state index contributed by atoms with van der Waals surface area (Å²) in [5, 5.41) is 7.01. The van der Waals surface area contributed by atoms with Gasteiger partial charge in [0.05, 0.1) is 0 Å². The molecule has 1 aliphatic rings. The zero-order chi connectivity index (χ0) is 12.5. The molecular weight excluding hydrogens is 210 g/mol. The van der Waals surface area contributed by atoms with Gasteiger partial charge in [-0.05, 0) is 18.8 Å². The molecule has 0 heterocycles. The van der Waals surface area contributed by atoms with Crippen molar-refractivity contribution in [3.63, 3.8) is 0 Å². The van der Waals surface area contributed by atoms with E-state index in [-0.39, 0.29) is 0 Å². The van der Waals surface area contributed by atoms with Crippen LogP contribution in [0, 0.1) is 5.92 Å². The van der Waals surface area contributed by atoms with Gasteiger partial charge in [0.1, 0.15) is 0 Å². The van der Waals surface area contributed by atoms with Crippen molar-refractivity contribution >= 4 is 5.96 Å². The zero-order valence-corrected chi connectivity index (χ0v) is 11.8. The third-order valence-electron chi connectivity index (χ3n) is 3.88. The van der Waals surface area contributed by atoms with Crippen molar-refractivity contribution in [1.29, 1.82) is 0 Å². The average molecular weight is 239 g/mol. The van der Waals surface area contributed by atoms with Crippen LogP contribution in [0.3, 0.4) is 0 Å². The van der Waals surface area contributed by atoms with Gasteiger partial charge in [-0.1, -0.05) is 46.0 Å². The van der Waals surface area contributed by atoms with Crippen LogP contribution in [0.4, 0.5) is 0 Å². The van der Waals surface area contributed by atoms with Crippen molar-refractivity contribution in [2.45, 2.75) is 64.8 Å². The van der Waals surface area contributed by atoms with Crippen LogP contribution in [0.5, 0.6) is 0 Å². The zero-order valence-electron chi connectivity index (χ0n) is 11.8. The van der Waals surface area contributed by atoms with Crippen molar-refractivity contribution in [2.24, 2.45) is 10.9 Å². The van der Waals surface area contributed by atoms with Gasteiger partial charge in [0.25, 0.3) is 0 Å². The minimum atomic E-state index is 0.636. The van der Waals surface area contributed by atoms with E-state index in [0.29, 0.717) is 6.04 Å². The quantitative estimate of drug-likeness (QED) is 0.572. The molecule has 2 N–H and O–H groups in total. The van der Waals surface area contributed by atoms with E-state index in [0.717, 1.165) is 18.4 Å². The lowest BCUT2D eigenvalue weighted by atomic mass is 9.96. The molecule has 0 saturated heterocycles. The van der Waals surface area contributed by atoms with E-state index in [1.165, 1.54) is 44.9 Å². The van der Waals surface area contributed by atoms with E-state index in [4.69, 9.17) is 0 Å². The van der Waals surface area contributed by atoms with E-state index in [2.05, 4.69) is 29.5 Å². The first-order valence-electron chi connectivity index (χ1n) is 7.27. The van der Waals surface area contributed by atoms with Gasteiger partial charge in [-0.2, -0.15) is 0 Å². The fourth-order valence-corrected chi connectivity index (χ4v) is 2.45. The summed E-state index contributed by atoms with van der Waals surface area (Å²) >= 11 is 0. The smallest absolute Gasteiger partial charge is 0.191 e. The van der Waals surface area contributed by atoms with Crippen LogP contribution in [0.25, 0.3) is 0 Å². The summed E-state index contributed by atoms with van der Waals surface area (Å²) in [6, 6.07) is 0.636. The highest BCUT2D eigenvalue weighted by Gasteiger charge is 2.14. The monoisotopic (exact) mass is 239 g/mol. The van der Waals surface area contributed by atoms with Crippen LogP contribution in [-0.2, 0) is 0 Å². The van der Waals surface area contributed by atoms with E-state index in [1.807, 2.05) is 7.05 Å². The Balaban J connectivity index is 2.28. The van der Waals surface area contributed by atoms with Crippen molar-refractivity contribution in [3.8, 4) is 0 Å². The Hall–Kier alpha value is -0.730. The molecule has 0 bridgehead atoms. The van der Waals surface area contributed by atoms with E-state index < -0.39 is 0 Å². The number of rotatable bonds is 5. The molecule has 0 aliphatic heterocycles. The first kappa shape index (κ1) is 14.3. The number of guanidine groups is 1. The predicted molar refractivity (Wildman–Crippen MR) is 75.4 cm³/mol. The lowest BCUT2D eigenvalue weighted by molar-refractivity contribution is 0.406. The molecule has 100 valence electrons. The Morgan fingerprint density at radius 2 is 1.82 bits per heavy atom. The highest BCUT2D eigenvalue weighted by atomic mass is 15.2. The van der Waals surface area contributed by atoms with E-state index in [9.17, 15) is 0 Å². The first-order chi connectivity index (χ1) is 8.30. The van der Waals surface area contributed by atoms with Gasteiger partial charge in [-0.3, -0.25) is 4.99 Å². The van der Waals surface area contributed by atoms with Crippen molar-refractivity contribution in [2.75, 3.05) is 13.6 Å². The highest BCUT2D eigenvalue weighted by molar-refractivity contribution is 5.79. The molecule has 1 saturated carbocycles. The van der Waals surface area contributed by atoms with Crippen LogP contribution < -0.4 is 10.6 Å². The van der Waals surface area contributed by atoms with Gasteiger partial charge in [0, 0.05) is 19.6 Å². The maximum Gasteiger partial charge on any atom is 0.191 e. The minimum absolute atomic E-state index is 0.636. The summed E-state index contributed by atoms with van der Waals surface area (Å²) in [7, 11) is 1.87. The van der Waals surface area contributed by atoms with Crippen molar-refractivity contribution in [1.82, 2.24) is 10.6 Å². The molecule has 0 aromatic carbocycles. The second-order valence-electron chi connectivity index (χ2n) is 5.11. The Kier molecular flexibility index (Phi) is 7.06. The number of hydrogen-bond donors (Lipinski definition) is 2. The predicted octanol–water partition coefficient (Wildman–Crippen LogP) is 2.92. The first-order valence-corrected chi connectivity index (χ1v) is 7.27. The second kappa shape index (κ2) is 8.37. The van der Waals surface area contributed by atoms with E-state index >= 15 is 0 Å². The third kappa shape index (κ3) is 5.42. The standard InChI is InChI=1S/C14H29N3/c1-4-12(5-2)11-16-14(15-3)17-13-9-7-6-8-10-13/h12-13H,4-11H2,1-3H3,(H2,15,16,17). The Morgan fingerprint density at radius 1 is 1.18 bits per heavy atom. The molecule has 0 unspecified atom stereocenters. The van der Waals surface area contributed by atoms with Gasteiger partial charge >= 0.3 is 0 Å². The number of hydrogen-bond acceptors (Lipinski definition) is 1. The van der Waals surface area contributed by atoms with Crippen LogP contribution in [0.1, 0.15) is 58.8 Å². The summed E-state index contributed by atoms with van der Waals surface area (Å²) in [4.78, 5) is 4.32. The molecule has 0 atom stereocenters. The van der Waals surface area contributed by atoms with Crippen LogP contribution in [0.2, 0.25) is 0 Å². The molecule has 1 fully saturated rings. The summed E-state index contributed by atoms with van der Waals surface area (Å²) in [6.07, 6.45) is 9.20. The Morgan fingerprint density at radius 3 is 2.35 bits per heavy atom. The maximum absolute atomic E-state index is 4.32. The van der Waals surface area contributed by atoms with Gasteiger partial charge < -0.3 is 10.6 Å². The number of nitrogens with zero attached hydrogens (tertiary/aromatic N) is 1. The van der Waals surface area contributed by atoms with Gasteiger partial charge in [-0.25, -0.2) is 0 Å². The Bertz CT molecular complexity index is 216. The topological polar surface area (TPSA) is 36.4 Å². The minimum Gasteiger partial charge on any atom is -0.356 e. The van der Waals surface area contributed by atoms with Crippen LogP contribution in [0.15, 0.2) is 4.99 Å². The molecule has 1 rings (SSSR count). The van der Waals surface area contributed by atoms with Gasteiger partial charge in [-0.15, -0.1) is 0 Å². The molecule has 0 aromatic heterocycles. The molecule has 0 amide bonds. The molecule has 17 heavy (non-hydrogen) atoms. The molecule has 0 radical (unpaired) electrons. The fraction of sp³-hybridized carbons (Fsp3) is 0.929. The van der Waals surface area contributed by atoms with E-state index in [1.54, 1.807) is 0 Å². The highest BCUT2D eigenvalue weighted by Crippen LogP contribution is 2.17. The summed E-state index contributed by atoms with van der Waals surface area (Å²) in [6.45, 7) is 5.56. The fourth-order valence-electron chi connectivity index (χ4n) is 2.45. The molecule has 0 aromatic rings. The van der Waals surface area contributed by atoms with Gasteiger partial charge in [0.15, 0.2) is 5.96 Å². The second-order valence-corrected chi connectivity index (χ2v) is 5.11. The average Bonchev–Trinajstić information content (AvgIpc) is 2.39. The molecular formula is C14H29N3. The van der Waals surface area contributed by atoms with Gasteiger partial charge in [0.2, 0.25) is 0 Å². The normalized spacial score (nSPS) is 18.5. The van der Waals surface area contributed by atoms with Crippen LogP contribution in [-0.4, -0.2) is 25.6 Å². The third-order valence-corrected chi connectivity index (χ3v) is 3.88. The molecule has 3 nitrogen and oxygen atoms in total. The summed E-state index contributed by atoms with van der Waals surface area (Å²) in [5.74, 6) is 1.75. The van der Waals surface area contributed by atoms with Crippen molar-refractivity contribution in [3.05, 3.63) is 0 Å². The van der Waals surface area contributed by atoms with Crippen LogP contribution >= 0.6 is 0 Å². The van der Waals surface area contributed by atoms with Crippen molar-refractivity contribution < 1.29 is 0 Å². The number of aliphatic imine (C=N–C) groups is 1. The largest absolute Gasteiger partial charge is 0.356 e. The summed E-state index contributed by atoms with van der Waals surface area (Å²) in [5.41, 5.74) is 0. The molecule has 3 heteroatoms. The SMILES string of the molecule is CCC(CC)CNC(=NC)NC1CCCCC1. The summed E-state index contributed by atoms with van der Waals surface area (Å²) < 4.78 is 0. The lowest BCUT2D eigenvalue weighted by Gasteiger charge is -2.25. The number of nitrogens with one attached hydrogen (secondary N) is 2. The lowest BCUT2D eigenvalue weighted by Crippen LogP contribution is -2.45. The molecule has 1 aliphatic carbocycles. The Labute approximate surface area is 106 Å². The molecule has 0 spiro atoms.